The Morgan fingerprint density at radius 3 is 2.25 bits per heavy atom. The highest BCUT2D eigenvalue weighted by Gasteiger charge is 2.30. The Balaban J connectivity index is 2.06. The highest BCUT2D eigenvalue weighted by molar-refractivity contribution is 5.31. The van der Waals surface area contributed by atoms with Gasteiger partial charge in [-0.3, -0.25) is 4.84 Å². The van der Waals surface area contributed by atoms with E-state index in [0.717, 1.165) is 17.8 Å². The minimum Gasteiger partial charge on any atom is -0.439 e. The van der Waals surface area contributed by atoms with Crippen LogP contribution in [0, 0.1) is 0 Å². The minimum absolute atomic E-state index is 0.0841. The standard InChI is InChI=1S/C13H11F3N2O2/c14-13(15,16)10-3-6-12(18-7-10)20-11-4-1-9(2-5-11)8-19-17/h1-7H,8,17H2. The molecule has 0 aliphatic heterocycles. The van der Waals surface area contributed by atoms with Gasteiger partial charge in [-0.25, -0.2) is 10.9 Å². The fourth-order valence-corrected chi connectivity index (χ4v) is 1.48. The summed E-state index contributed by atoms with van der Waals surface area (Å²) >= 11 is 0. The van der Waals surface area contributed by atoms with Crippen LogP contribution in [0.25, 0.3) is 0 Å². The van der Waals surface area contributed by atoms with Gasteiger partial charge in [0.15, 0.2) is 0 Å². The molecule has 0 saturated heterocycles. The molecule has 0 atom stereocenters. The van der Waals surface area contributed by atoms with Gasteiger partial charge in [-0.2, -0.15) is 13.2 Å². The SMILES string of the molecule is NOCc1ccc(Oc2ccc(C(F)(F)F)cn2)cc1. The molecule has 2 N–H and O–H groups in total. The first-order valence-electron chi connectivity index (χ1n) is 5.61. The molecule has 106 valence electrons. The number of benzene rings is 1. The van der Waals surface area contributed by atoms with Gasteiger partial charge in [0.1, 0.15) is 5.75 Å². The zero-order valence-corrected chi connectivity index (χ0v) is 10.2. The number of hydrogen-bond donors (Lipinski definition) is 1. The van der Waals surface area contributed by atoms with E-state index >= 15 is 0 Å². The molecule has 0 aliphatic rings. The summed E-state index contributed by atoms with van der Waals surface area (Å²) in [4.78, 5) is 8.08. The van der Waals surface area contributed by atoms with Crippen molar-refractivity contribution in [3.8, 4) is 11.6 Å². The first-order valence-corrected chi connectivity index (χ1v) is 5.61. The Hall–Kier alpha value is -2.12. The van der Waals surface area contributed by atoms with Crippen molar-refractivity contribution in [2.24, 2.45) is 5.90 Å². The van der Waals surface area contributed by atoms with Gasteiger partial charge < -0.3 is 4.74 Å². The van der Waals surface area contributed by atoms with E-state index in [1.165, 1.54) is 6.07 Å². The van der Waals surface area contributed by atoms with Crippen LogP contribution in [0.2, 0.25) is 0 Å². The van der Waals surface area contributed by atoms with Crippen molar-refractivity contribution < 1.29 is 22.7 Å². The number of halogens is 3. The molecule has 2 rings (SSSR count). The summed E-state index contributed by atoms with van der Waals surface area (Å²) in [6.45, 7) is 0.263. The first kappa shape index (κ1) is 14.3. The molecule has 0 spiro atoms. The van der Waals surface area contributed by atoms with E-state index in [4.69, 9.17) is 10.6 Å². The van der Waals surface area contributed by atoms with E-state index in [0.29, 0.717) is 5.75 Å². The van der Waals surface area contributed by atoms with Gasteiger partial charge >= 0.3 is 6.18 Å². The largest absolute Gasteiger partial charge is 0.439 e. The van der Waals surface area contributed by atoms with Gasteiger partial charge in [0, 0.05) is 12.3 Å². The normalized spacial score (nSPS) is 11.4. The van der Waals surface area contributed by atoms with Crippen molar-refractivity contribution in [2.75, 3.05) is 0 Å². The Kier molecular flexibility index (Phi) is 4.21. The fraction of sp³-hybridized carbons (Fsp3) is 0.154. The number of aromatic nitrogens is 1. The average Bonchev–Trinajstić information content (AvgIpc) is 2.41. The third kappa shape index (κ3) is 3.69. The molecule has 0 unspecified atom stereocenters. The van der Waals surface area contributed by atoms with Gasteiger partial charge in [-0.05, 0) is 23.8 Å². The summed E-state index contributed by atoms with van der Waals surface area (Å²) in [5.74, 6) is 5.48. The molecule has 1 aromatic heterocycles. The third-order valence-electron chi connectivity index (χ3n) is 2.46. The van der Waals surface area contributed by atoms with E-state index in [1.54, 1.807) is 24.3 Å². The first-order chi connectivity index (χ1) is 9.49. The zero-order chi connectivity index (χ0) is 14.6. The number of nitrogens with zero attached hydrogens (tertiary/aromatic N) is 1. The van der Waals surface area contributed by atoms with Crippen molar-refractivity contribution in [1.82, 2.24) is 4.98 Å². The van der Waals surface area contributed by atoms with Crippen LogP contribution in [0.4, 0.5) is 13.2 Å². The van der Waals surface area contributed by atoms with Gasteiger partial charge in [-0.15, -0.1) is 0 Å². The summed E-state index contributed by atoms with van der Waals surface area (Å²) in [7, 11) is 0. The summed E-state index contributed by atoms with van der Waals surface area (Å²) in [6.07, 6.45) is -3.68. The Bertz CT molecular complexity index is 553. The average molecular weight is 284 g/mol. The van der Waals surface area contributed by atoms with Gasteiger partial charge in [-0.1, -0.05) is 12.1 Å². The van der Waals surface area contributed by atoms with E-state index < -0.39 is 11.7 Å². The maximum atomic E-state index is 12.4. The van der Waals surface area contributed by atoms with Crippen LogP contribution in [-0.4, -0.2) is 4.98 Å². The molecule has 0 bridgehead atoms. The maximum Gasteiger partial charge on any atom is 0.417 e. The number of hydrogen-bond acceptors (Lipinski definition) is 4. The van der Waals surface area contributed by atoms with E-state index in [1.807, 2.05) is 0 Å². The molecular weight excluding hydrogens is 273 g/mol. The molecular formula is C13H11F3N2O2. The van der Waals surface area contributed by atoms with Crippen molar-refractivity contribution >= 4 is 0 Å². The third-order valence-corrected chi connectivity index (χ3v) is 2.46. The van der Waals surface area contributed by atoms with Crippen LogP contribution in [0.3, 0.4) is 0 Å². The van der Waals surface area contributed by atoms with Crippen molar-refractivity contribution in [1.29, 1.82) is 0 Å². The monoisotopic (exact) mass is 284 g/mol. The number of pyridine rings is 1. The van der Waals surface area contributed by atoms with Gasteiger partial charge in [0.2, 0.25) is 5.88 Å². The molecule has 1 aromatic carbocycles. The summed E-state index contributed by atoms with van der Waals surface area (Å²) in [5.41, 5.74) is 0.0283. The lowest BCUT2D eigenvalue weighted by molar-refractivity contribution is -0.137. The Labute approximate surface area is 112 Å². The predicted octanol–water partition coefficient (Wildman–Crippen LogP) is 3.28. The fourth-order valence-electron chi connectivity index (χ4n) is 1.48. The van der Waals surface area contributed by atoms with E-state index in [2.05, 4.69) is 9.82 Å². The lowest BCUT2D eigenvalue weighted by atomic mass is 10.2. The van der Waals surface area contributed by atoms with Gasteiger partial charge in [0.25, 0.3) is 0 Å². The van der Waals surface area contributed by atoms with E-state index in [-0.39, 0.29) is 12.5 Å². The molecule has 4 nitrogen and oxygen atoms in total. The zero-order valence-electron chi connectivity index (χ0n) is 10.2. The Morgan fingerprint density at radius 2 is 1.75 bits per heavy atom. The predicted molar refractivity (Wildman–Crippen MR) is 64.7 cm³/mol. The van der Waals surface area contributed by atoms with Crippen LogP contribution in [0.1, 0.15) is 11.1 Å². The van der Waals surface area contributed by atoms with Crippen molar-refractivity contribution in [2.45, 2.75) is 12.8 Å². The summed E-state index contributed by atoms with van der Waals surface area (Å²) < 4.78 is 42.4. The summed E-state index contributed by atoms with van der Waals surface area (Å²) in [5, 5.41) is 0. The lowest BCUT2D eigenvalue weighted by Gasteiger charge is -2.08. The van der Waals surface area contributed by atoms with Crippen LogP contribution in [0.15, 0.2) is 42.6 Å². The lowest BCUT2D eigenvalue weighted by Crippen LogP contribution is -2.05. The van der Waals surface area contributed by atoms with Crippen molar-refractivity contribution in [3.63, 3.8) is 0 Å². The molecule has 0 aliphatic carbocycles. The quantitative estimate of drug-likeness (QED) is 0.875. The minimum atomic E-state index is -4.41. The van der Waals surface area contributed by atoms with Crippen LogP contribution in [-0.2, 0) is 17.6 Å². The second kappa shape index (κ2) is 5.89. The van der Waals surface area contributed by atoms with Gasteiger partial charge in [0.05, 0.1) is 12.2 Å². The maximum absolute atomic E-state index is 12.4. The molecule has 0 amide bonds. The molecule has 20 heavy (non-hydrogen) atoms. The summed E-state index contributed by atoms with van der Waals surface area (Å²) in [6, 6.07) is 8.83. The van der Waals surface area contributed by atoms with Crippen molar-refractivity contribution in [3.05, 3.63) is 53.7 Å². The van der Waals surface area contributed by atoms with Crippen LogP contribution in [0.5, 0.6) is 11.6 Å². The Morgan fingerprint density at radius 1 is 1.05 bits per heavy atom. The molecule has 0 fully saturated rings. The number of nitrogens with two attached hydrogens (primary N) is 1. The number of alkyl halides is 3. The molecule has 0 radical (unpaired) electrons. The number of rotatable bonds is 4. The number of ether oxygens (including phenoxy) is 1. The van der Waals surface area contributed by atoms with Crippen LogP contribution < -0.4 is 10.6 Å². The van der Waals surface area contributed by atoms with E-state index in [9.17, 15) is 13.2 Å². The molecule has 0 saturated carbocycles. The highest BCUT2D eigenvalue weighted by Crippen LogP contribution is 2.30. The second-order valence-electron chi connectivity index (χ2n) is 3.94. The molecule has 7 heteroatoms. The molecule has 2 aromatic rings. The highest BCUT2D eigenvalue weighted by atomic mass is 19.4. The smallest absolute Gasteiger partial charge is 0.417 e. The van der Waals surface area contributed by atoms with Crippen LogP contribution >= 0.6 is 0 Å². The second-order valence-corrected chi connectivity index (χ2v) is 3.94. The topological polar surface area (TPSA) is 57.4 Å². The molecule has 1 heterocycles.